The number of ether oxygens (including phenoxy) is 1. The van der Waals surface area contributed by atoms with Crippen molar-refractivity contribution in [2.45, 2.75) is 45.1 Å². The van der Waals surface area contributed by atoms with E-state index in [4.69, 9.17) is 9.57 Å². The predicted molar refractivity (Wildman–Crippen MR) is 119 cm³/mol. The Morgan fingerprint density at radius 2 is 1.55 bits per heavy atom. The van der Waals surface area contributed by atoms with Gasteiger partial charge < -0.3 is 14.9 Å². The molecule has 0 spiro atoms. The lowest BCUT2D eigenvalue weighted by Crippen LogP contribution is -2.48. The quantitative estimate of drug-likeness (QED) is 0.648. The summed E-state index contributed by atoms with van der Waals surface area (Å²) in [5.74, 6) is -2.43. The lowest BCUT2D eigenvalue weighted by Gasteiger charge is -2.24. The molecule has 172 valence electrons. The second kappa shape index (κ2) is 9.44. The molecule has 4 rings (SSSR count). The molecule has 0 unspecified atom stereocenters. The van der Waals surface area contributed by atoms with E-state index in [1.54, 1.807) is 6.92 Å². The van der Waals surface area contributed by atoms with Crippen LogP contribution in [0.2, 0.25) is 0 Å². The van der Waals surface area contributed by atoms with Gasteiger partial charge in [-0.15, -0.1) is 5.06 Å². The summed E-state index contributed by atoms with van der Waals surface area (Å²) in [6.07, 6.45) is -0.205. The summed E-state index contributed by atoms with van der Waals surface area (Å²) in [7, 11) is 0. The van der Waals surface area contributed by atoms with Gasteiger partial charge in [-0.25, -0.2) is 9.59 Å². The molecule has 2 aromatic carbocycles. The molecule has 8 nitrogen and oxygen atoms in total. The fourth-order valence-electron chi connectivity index (χ4n) is 4.24. The lowest BCUT2D eigenvalue weighted by atomic mass is 9.98. The first-order valence-corrected chi connectivity index (χ1v) is 11.1. The fraction of sp³-hybridized carbons (Fsp3) is 0.360. The maximum Gasteiger partial charge on any atom is 0.407 e. The zero-order valence-electron chi connectivity index (χ0n) is 18.6. The molecule has 0 saturated carbocycles. The van der Waals surface area contributed by atoms with Gasteiger partial charge in [-0.3, -0.25) is 9.59 Å². The number of nitrogens with one attached hydrogen (secondary N) is 1. The van der Waals surface area contributed by atoms with Crippen LogP contribution in [0.1, 0.15) is 50.2 Å². The van der Waals surface area contributed by atoms with Gasteiger partial charge in [0.1, 0.15) is 12.6 Å². The van der Waals surface area contributed by atoms with Gasteiger partial charge in [-0.2, -0.15) is 0 Å². The van der Waals surface area contributed by atoms with E-state index in [2.05, 4.69) is 5.32 Å². The van der Waals surface area contributed by atoms with Gasteiger partial charge in [-0.05, 0) is 28.2 Å². The molecule has 8 heteroatoms. The minimum Gasteiger partial charge on any atom is -0.449 e. The number of carbonyl (C=O) groups excluding carboxylic acids is 4. The Labute approximate surface area is 191 Å². The van der Waals surface area contributed by atoms with Crippen LogP contribution in [0.5, 0.6) is 0 Å². The van der Waals surface area contributed by atoms with Gasteiger partial charge >= 0.3 is 12.1 Å². The first-order chi connectivity index (χ1) is 15.9. The standard InChI is InChI=1S/C25H26N2O6/c1-3-15(2)23(24(30)33-27-21(28)12-13-22(27)29)26-25(31)32-14-20-18-10-6-4-8-16(18)17-9-5-7-11-19(17)20/h4-11,15,20,23H,3,12-14H2,1-2H3,(H,26,31)/t15-,23-/m0/s1. The summed E-state index contributed by atoms with van der Waals surface area (Å²) in [6.45, 7) is 3.73. The molecule has 1 fully saturated rings. The summed E-state index contributed by atoms with van der Waals surface area (Å²) in [6, 6.07) is 14.9. The molecule has 1 heterocycles. The molecular formula is C25H26N2O6. The molecule has 2 aliphatic rings. The van der Waals surface area contributed by atoms with Crippen LogP contribution in [0.25, 0.3) is 11.1 Å². The van der Waals surface area contributed by atoms with Crippen molar-refractivity contribution in [2.24, 2.45) is 5.92 Å². The third-order valence-electron chi connectivity index (χ3n) is 6.27. The monoisotopic (exact) mass is 450 g/mol. The van der Waals surface area contributed by atoms with Gasteiger partial charge in [-0.1, -0.05) is 68.8 Å². The fourth-order valence-corrected chi connectivity index (χ4v) is 4.24. The Morgan fingerprint density at radius 3 is 2.09 bits per heavy atom. The van der Waals surface area contributed by atoms with Crippen LogP contribution in [0, 0.1) is 5.92 Å². The van der Waals surface area contributed by atoms with E-state index >= 15 is 0 Å². The first kappa shape index (κ1) is 22.5. The van der Waals surface area contributed by atoms with Crippen molar-refractivity contribution >= 4 is 23.9 Å². The number of imide groups is 1. The molecule has 0 radical (unpaired) electrons. The summed E-state index contributed by atoms with van der Waals surface area (Å²) in [5.41, 5.74) is 4.39. The van der Waals surface area contributed by atoms with Crippen LogP contribution >= 0.6 is 0 Å². The second-order valence-corrected chi connectivity index (χ2v) is 8.33. The molecule has 33 heavy (non-hydrogen) atoms. The van der Waals surface area contributed by atoms with Gasteiger partial charge in [0.05, 0.1) is 0 Å². The van der Waals surface area contributed by atoms with Crippen molar-refractivity contribution in [1.29, 1.82) is 0 Å². The van der Waals surface area contributed by atoms with Gasteiger partial charge in [0.2, 0.25) is 0 Å². The van der Waals surface area contributed by atoms with Crippen molar-refractivity contribution in [2.75, 3.05) is 6.61 Å². The topological polar surface area (TPSA) is 102 Å². The minimum atomic E-state index is -1.06. The number of hydrogen-bond acceptors (Lipinski definition) is 6. The minimum absolute atomic E-state index is 0.0000810. The normalized spacial score (nSPS) is 16.7. The highest BCUT2D eigenvalue weighted by molar-refractivity contribution is 6.01. The number of hydrogen-bond donors (Lipinski definition) is 1. The lowest BCUT2D eigenvalue weighted by molar-refractivity contribution is -0.199. The number of nitrogens with zero attached hydrogens (tertiary/aromatic N) is 1. The van der Waals surface area contributed by atoms with E-state index in [0.29, 0.717) is 11.5 Å². The highest BCUT2D eigenvalue weighted by Gasteiger charge is 2.37. The zero-order valence-corrected chi connectivity index (χ0v) is 18.6. The van der Waals surface area contributed by atoms with E-state index in [1.165, 1.54) is 0 Å². The average Bonchev–Trinajstić information content (AvgIpc) is 3.32. The largest absolute Gasteiger partial charge is 0.449 e. The number of rotatable bonds is 7. The smallest absolute Gasteiger partial charge is 0.407 e. The van der Waals surface area contributed by atoms with Crippen molar-refractivity contribution in [1.82, 2.24) is 10.4 Å². The van der Waals surface area contributed by atoms with E-state index in [0.717, 1.165) is 22.3 Å². The van der Waals surface area contributed by atoms with Gasteiger partial charge in [0.15, 0.2) is 0 Å². The molecule has 1 aliphatic carbocycles. The first-order valence-electron chi connectivity index (χ1n) is 11.1. The van der Waals surface area contributed by atoms with Crippen molar-refractivity contribution in [3.8, 4) is 11.1 Å². The molecule has 2 aromatic rings. The molecular weight excluding hydrogens is 424 g/mol. The highest BCUT2D eigenvalue weighted by atomic mass is 16.7. The summed E-state index contributed by atoms with van der Waals surface area (Å²) in [4.78, 5) is 53.9. The van der Waals surface area contributed by atoms with Crippen LogP contribution in [-0.4, -0.2) is 41.6 Å². The number of fused-ring (bicyclic) bond motifs is 3. The van der Waals surface area contributed by atoms with E-state index in [1.807, 2.05) is 55.5 Å². The SMILES string of the molecule is CC[C@H](C)[C@H](NC(=O)OCC1c2ccccc2-c2ccccc21)C(=O)ON1C(=O)CCC1=O. The van der Waals surface area contributed by atoms with Crippen LogP contribution in [0.4, 0.5) is 4.79 Å². The molecule has 1 saturated heterocycles. The van der Waals surface area contributed by atoms with Crippen LogP contribution in [0.15, 0.2) is 48.5 Å². The van der Waals surface area contributed by atoms with Crippen LogP contribution in [0.3, 0.4) is 0 Å². The van der Waals surface area contributed by atoms with E-state index < -0.39 is 29.9 Å². The predicted octanol–water partition coefficient (Wildman–Crippen LogP) is 3.55. The average molecular weight is 450 g/mol. The van der Waals surface area contributed by atoms with Gasteiger partial charge in [0.25, 0.3) is 11.8 Å². The molecule has 0 aromatic heterocycles. The Morgan fingerprint density at radius 1 is 1.00 bits per heavy atom. The second-order valence-electron chi connectivity index (χ2n) is 8.33. The third kappa shape index (κ3) is 4.46. The Hall–Kier alpha value is -3.68. The summed E-state index contributed by atoms with van der Waals surface area (Å²) >= 11 is 0. The molecule has 2 atom stereocenters. The number of carbonyl (C=O) groups is 4. The third-order valence-corrected chi connectivity index (χ3v) is 6.27. The zero-order chi connectivity index (χ0) is 23.5. The van der Waals surface area contributed by atoms with E-state index in [9.17, 15) is 19.2 Å². The van der Waals surface area contributed by atoms with Crippen molar-refractivity contribution < 1.29 is 28.8 Å². The van der Waals surface area contributed by atoms with Gasteiger partial charge in [0, 0.05) is 18.8 Å². The maximum atomic E-state index is 12.7. The van der Waals surface area contributed by atoms with Crippen molar-refractivity contribution in [3.63, 3.8) is 0 Å². The Balaban J connectivity index is 1.43. The molecule has 3 amide bonds. The summed E-state index contributed by atoms with van der Waals surface area (Å²) in [5, 5.41) is 3.04. The number of alkyl carbamates (subject to hydrolysis) is 1. The Kier molecular flexibility index (Phi) is 6.44. The van der Waals surface area contributed by atoms with Crippen molar-refractivity contribution in [3.05, 3.63) is 59.7 Å². The Bertz CT molecular complexity index is 1040. The maximum absolute atomic E-state index is 12.7. The molecule has 0 bridgehead atoms. The molecule has 1 N–H and O–H groups in total. The van der Waals surface area contributed by atoms with Crippen LogP contribution in [-0.2, 0) is 24.0 Å². The van der Waals surface area contributed by atoms with E-state index in [-0.39, 0.29) is 31.3 Å². The molecule has 1 aliphatic heterocycles. The highest BCUT2D eigenvalue weighted by Crippen LogP contribution is 2.44. The van der Waals surface area contributed by atoms with Crippen LogP contribution < -0.4 is 5.32 Å². The number of amides is 3. The number of benzene rings is 2. The summed E-state index contributed by atoms with van der Waals surface area (Å²) < 4.78 is 5.52. The number of hydroxylamine groups is 2.